The van der Waals surface area contributed by atoms with Gasteiger partial charge in [0.1, 0.15) is 11.3 Å². The van der Waals surface area contributed by atoms with Crippen molar-refractivity contribution in [3.8, 4) is 0 Å². The minimum Gasteiger partial charge on any atom is -0.358 e. The lowest BCUT2D eigenvalue weighted by atomic mass is 10.2. The summed E-state index contributed by atoms with van der Waals surface area (Å²) in [6.45, 7) is 1.59. The van der Waals surface area contributed by atoms with Crippen LogP contribution in [-0.2, 0) is 9.59 Å². The number of pyridine rings is 1. The van der Waals surface area contributed by atoms with Crippen molar-refractivity contribution in [3.63, 3.8) is 0 Å². The van der Waals surface area contributed by atoms with Crippen molar-refractivity contribution in [2.45, 2.75) is 6.92 Å². The Morgan fingerprint density at radius 1 is 1.21 bits per heavy atom. The number of nitrogens with zero attached hydrogens (tertiary/aromatic N) is 1. The molecule has 1 aromatic carbocycles. The Hall–Kier alpha value is -2.93. The Morgan fingerprint density at radius 2 is 1.92 bits per heavy atom. The van der Waals surface area contributed by atoms with Gasteiger partial charge in [-0.1, -0.05) is 11.6 Å². The molecule has 0 aliphatic heterocycles. The highest BCUT2D eigenvalue weighted by Crippen LogP contribution is 2.24. The van der Waals surface area contributed by atoms with E-state index in [-0.39, 0.29) is 10.7 Å². The van der Waals surface area contributed by atoms with Crippen molar-refractivity contribution in [1.29, 1.82) is 0 Å². The molecule has 0 aliphatic rings. The van der Waals surface area contributed by atoms with Crippen LogP contribution in [0.5, 0.6) is 0 Å². The normalized spacial score (nSPS) is 10.6. The third-order valence-electron chi connectivity index (χ3n) is 3.40. The number of halogens is 2. The fourth-order valence-corrected chi connectivity index (χ4v) is 2.35. The zero-order chi connectivity index (χ0) is 17.3. The predicted octanol–water partition coefficient (Wildman–Crippen LogP) is 3.24. The van der Waals surface area contributed by atoms with Gasteiger partial charge in [-0.25, -0.2) is 4.39 Å². The number of H-pyrrole nitrogens is 1. The average Bonchev–Trinajstić information content (AvgIpc) is 2.95. The van der Waals surface area contributed by atoms with E-state index in [4.69, 9.17) is 11.6 Å². The molecule has 2 heterocycles. The molecule has 2 aromatic heterocycles. The summed E-state index contributed by atoms with van der Waals surface area (Å²) in [6, 6.07) is 5.98. The van der Waals surface area contributed by atoms with E-state index in [0.29, 0.717) is 16.8 Å². The van der Waals surface area contributed by atoms with E-state index >= 15 is 0 Å². The lowest BCUT2D eigenvalue weighted by molar-refractivity contribution is -0.132. The number of rotatable bonds is 2. The summed E-state index contributed by atoms with van der Waals surface area (Å²) in [5.41, 5.74) is 2.37. The summed E-state index contributed by atoms with van der Waals surface area (Å²) in [5, 5.41) is 4.74. The Kier molecular flexibility index (Phi) is 4.18. The van der Waals surface area contributed by atoms with Crippen molar-refractivity contribution in [3.05, 3.63) is 53.1 Å². The van der Waals surface area contributed by atoms with Crippen molar-refractivity contribution in [2.24, 2.45) is 0 Å². The van der Waals surface area contributed by atoms with Gasteiger partial charge in [0, 0.05) is 18.1 Å². The molecule has 0 saturated heterocycles. The first kappa shape index (κ1) is 15.9. The minimum atomic E-state index is -0.897. The average molecular weight is 347 g/mol. The summed E-state index contributed by atoms with van der Waals surface area (Å²) < 4.78 is 13.3. The number of aromatic amines is 1. The monoisotopic (exact) mass is 346 g/mol. The number of carbonyl (C=O) groups is 2. The molecule has 122 valence electrons. The van der Waals surface area contributed by atoms with Gasteiger partial charge in [-0.15, -0.1) is 0 Å². The van der Waals surface area contributed by atoms with Crippen molar-refractivity contribution in [2.75, 3.05) is 10.6 Å². The molecule has 0 saturated carbocycles. The largest absolute Gasteiger partial charge is 0.358 e. The fraction of sp³-hybridized carbons (Fsp3) is 0.0625. The second-order valence-electron chi connectivity index (χ2n) is 5.09. The molecule has 0 unspecified atom stereocenters. The van der Waals surface area contributed by atoms with Crippen LogP contribution >= 0.6 is 11.6 Å². The van der Waals surface area contributed by atoms with Gasteiger partial charge in [0.15, 0.2) is 0 Å². The zero-order valence-electron chi connectivity index (χ0n) is 12.5. The van der Waals surface area contributed by atoms with E-state index in [1.165, 1.54) is 12.1 Å². The summed E-state index contributed by atoms with van der Waals surface area (Å²) in [7, 11) is 0. The lowest BCUT2D eigenvalue weighted by Gasteiger charge is -2.09. The molecule has 0 spiro atoms. The van der Waals surface area contributed by atoms with Crippen LogP contribution in [0.25, 0.3) is 11.0 Å². The molecule has 0 fully saturated rings. The summed E-state index contributed by atoms with van der Waals surface area (Å²) in [5.74, 6) is -2.37. The van der Waals surface area contributed by atoms with Crippen LogP contribution in [0.4, 0.5) is 15.8 Å². The van der Waals surface area contributed by atoms with E-state index < -0.39 is 17.6 Å². The third-order valence-corrected chi connectivity index (χ3v) is 3.69. The number of aromatic nitrogens is 2. The first-order chi connectivity index (χ1) is 11.5. The zero-order valence-corrected chi connectivity index (χ0v) is 13.2. The fourth-order valence-electron chi connectivity index (χ4n) is 2.19. The molecule has 3 aromatic rings. The van der Waals surface area contributed by atoms with Gasteiger partial charge in [-0.3, -0.25) is 14.6 Å². The molecular formula is C16H12ClFN4O2. The van der Waals surface area contributed by atoms with Crippen LogP contribution < -0.4 is 10.6 Å². The molecule has 0 atom stereocenters. The smallest absolute Gasteiger partial charge is 0.314 e. The quantitative estimate of drug-likeness (QED) is 0.622. The van der Waals surface area contributed by atoms with Gasteiger partial charge in [0.05, 0.1) is 16.2 Å². The van der Waals surface area contributed by atoms with Gasteiger partial charge in [0.25, 0.3) is 0 Å². The maximum atomic E-state index is 13.3. The van der Waals surface area contributed by atoms with Crippen LogP contribution in [0.3, 0.4) is 0 Å². The van der Waals surface area contributed by atoms with Gasteiger partial charge in [-0.05, 0) is 36.8 Å². The van der Waals surface area contributed by atoms with E-state index in [0.717, 1.165) is 5.52 Å². The topological polar surface area (TPSA) is 86.9 Å². The Morgan fingerprint density at radius 3 is 2.67 bits per heavy atom. The number of carbonyl (C=O) groups excluding carboxylic acids is 2. The second kappa shape index (κ2) is 6.29. The molecule has 3 N–H and O–H groups in total. The van der Waals surface area contributed by atoms with Crippen molar-refractivity contribution >= 4 is 45.8 Å². The van der Waals surface area contributed by atoms with Gasteiger partial charge < -0.3 is 15.6 Å². The highest BCUT2D eigenvalue weighted by molar-refractivity contribution is 6.44. The Balaban J connectivity index is 1.76. The van der Waals surface area contributed by atoms with E-state index in [1.54, 1.807) is 31.5 Å². The van der Waals surface area contributed by atoms with E-state index in [1.807, 2.05) is 0 Å². The molecule has 0 aliphatic carbocycles. The van der Waals surface area contributed by atoms with Crippen LogP contribution in [0.15, 0.2) is 36.7 Å². The number of benzene rings is 1. The highest BCUT2D eigenvalue weighted by Gasteiger charge is 2.18. The number of hydrogen-bond acceptors (Lipinski definition) is 3. The van der Waals surface area contributed by atoms with E-state index in [2.05, 4.69) is 20.6 Å². The number of nitrogens with one attached hydrogen (secondary N) is 3. The van der Waals surface area contributed by atoms with Crippen LogP contribution in [0.2, 0.25) is 5.02 Å². The maximum Gasteiger partial charge on any atom is 0.314 e. The van der Waals surface area contributed by atoms with E-state index in [9.17, 15) is 14.0 Å². The Labute approximate surface area is 141 Å². The van der Waals surface area contributed by atoms with Gasteiger partial charge in [0.2, 0.25) is 0 Å². The van der Waals surface area contributed by atoms with Crippen LogP contribution in [0, 0.1) is 12.7 Å². The number of fused-ring (bicyclic) bond motifs is 1. The summed E-state index contributed by atoms with van der Waals surface area (Å²) in [4.78, 5) is 31.2. The number of anilines is 2. The lowest BCUT2D eigenvalue weighted by Crippen LogP contribution is -2.29. The predicted molar refractivity (Wildman–Crippen MR) is 89.5 cm³/mol. The second-order valence-corrected chi connectivity index (χ2v) is 5.50. The molecule has 3 rings (SSSR count). The maximum absolute atomic E-state index is 13.3. The highest BCUT2D eigenvalue weighted by atomic mass is 35.5. The van der Waals surface area contributed by atoms with Crippen molar-refractivity contribution in [1.82, 2.24) is 9.97 Å². The Bertz CT molecular complexity index is 954. The summed E-state index contributed by atoms with van der Waals surface area (Å²) in [6.07, 6.45) is 3.12. The molecule has 2 amide bonds. The third kappa shape index (κ3) is 3.07. The summed E-state index contributed by atoms with van der Waals surface area (Å²) >= 11 is 5.69. The SMILES string of the molecule is Cc1cc(F)c(Cl)cc1NC(=O)C(=O)Nc1c[nH]c2cccnc12. The van der Waals surface area contributed by atoms with Crippen LogP contribution in [-0.4, -0.2) is 21.8 Å². The molecule has 24 heavy (non-hydrogen) atoms. The molecular weight excluding hydrogens is 335 g/mol. The molecule has 6 nitrogen and oxygen atoms in total. The molecule has 0 radical (unpaired) electrons. The minimum absolute atomic E-state index is 0.142. The molecule has 8 heteroatoms. The number of aryl methyl sites for hydroxylation is 1. The first-order valence-electron chi connectivity index (χ1n) is 6.96. The number of amides is 2. The number of hydrogen-bond donors (Lipinski definition) is 3. The van der Waals surface area contributed by atoms with Crippen LogP contribution in [0.1, 0.15) is 5.56 Å². The standard InChI is InChI=1S/C16H12ClFN4O2/c1-8-5-10(18)9(17)6-12(8)21-15(23)16(24)22-13-7-20-11-3-2-4-19-14(11)13/h2-7,20H,1H3,(H,21,23)(H,22,24). The van der Waals surface area contributed by atoms with Crippen molar-refractivity contribution < 1.29 is 14.0 Å². The molecule has 0 bridgehead atoms. The van der Waals surface area contributed by atoms with Gasteiger partial charge in [-0.2, -0.15) is 0 Å². The van der Waals surface area contributed by atoms with Gasteiger partial charge >= 0.3 is 11.8 Å². The first-order valence-corrected chi connectivity index (χ1v) is 7.33.